The van der Waals surface area contributed by atoms with Crippen molar-refractivity contribution in [2.45, 2.75) is 6.10 Å². The van der Waals surface area contributed by atoms with Crippen molar-refractivity contribution in [2.75, 3.05) is 18.5 Å². The molecule has 4 aromatic rings. The minimum atomic E-state index is -0.283. The van der Waals surface area contributed by atoms with Gasteiger partial charge < -0.3 is 20.1 Å². The lowest BCUT2D eigenvalue weighted by Crippen LogP contribution is -2.40. The third-order valence-corrected chi connectivity index (χ3v) is 5.28. The van der Waals surface area contributed by atoms with Gasteiger partial charge in [-0.1, -0.05) is 29.8 Å². The number of fused-ring (bicyclic) bond motifs is 2. The summed E-state index contributed by atoms with van der Waals surface area (Å²) in [6.07, 6.45) is 3.05. The molecule has 5 rings (SSSR count). The van der Waals surface area contributed by atoms with E-state index in [1.807, 2.05) is 48.5 Å². The fourth-order valence-electron chi connectivity index (χ4n) is 3.44. The largest absolute Gasteiger partial charge is 0.486 e. The number of para-hydroxylation sites is 2. The lowest BCUT2D eigenvalue weighted by atomic mass is 10.1. The van der Waals surface area contributed by atoms with Crippen molar-refractivity contribution in [1.82, 2.24) is 15.3 Å². The molecule has 1 aliphatic heterocycles. The minimum Gasteiger partial charge on any atom is -0.486 e. The van der Waals surface area contributed by atoms with Crippen molar-refractivity contribution >= 4 is 39.8 Å². The Kier molecular flexibility index (Phi) is 5.47. The third-order valence-electron chi connectivity index (χ3n) is 5.04. The van der Waals surface area contributed by atoms with Crippen LogP contribution in [0.2, 0.25) is 5.02 Å². The molecule has 0 spiro atoms. The fourth-order valence-corrected chi connectivity index (χ4v) is 3.61. The maximum atomic E-state index is 12.5. The van der Waals surface area contributed by atoms with Gasteiger partial charge in [0.05, 0.1) is 18.4 Å². The molecule has 0 radical (unpaired) electrons. The maximum Gasteiger partial charge on any atom is 0.270 e. The second kappa shape index (κ2) is 8.72. The Labute approximate surface area is 189 Å². The molecular weight excluding hydrogens is 428 g/mol. The molecule has 0 fully saturated rings. The van der Waals surface area contributed by atoms with Gasteiger partial charge in [-0.05, 0) is 47.9 Å². The first kappa shape index (κ1) is 20.1. The first-order chi connectivity index (χ1) is 15.7. The molecule has 1 amide bonds. The van der Waals surface area contributed by atoms with Crippen molar-refractivity contribution < 1.29 is 14.3 Å². The van der Waals surface area contributed by atoms with Crippen molar-refractivity contribution in [3.8, 4) is 11.5 Å². The lowest BCUT2D eigenvalue weighted by molar-refractivity contribution is 0.0786. The second-order valence-electron chi connectivity index (χ2n) is 7.29. The Bertz CT molecular complexity index is 1280. The van der Waals surface area contributed by atoms with Gasteiger partial charge in [0.25, 0.3) is 5.91 Å². The Morgan fingerprint density at radius 1 is 1.06 bits per heavy atom. The highest BCUT2D eigenvalue weighted by atomic mass is 35.5. The molecule has 2 N–H and O–H groups in total. The number of amides is 1. The number of ether oxygens (including phenoxy) is 2. The third kappa shape index (κ3) is 4.29. The summed E-state index contributed by atoms with van der Waals surface area (Å²) in [5.41, 5.74) is 1.02. The molecular formula is C24H19ClN4O3. The topological polar surface area (TPSA) is 85.4 Å². The van der Waals surface area contributed by atoms with E-state index in [0.29, 0.717) is 46.9 Å². The number of pyridine rings is 2. The van der Waals surface area contributed by atoms with Crippen LogP contribution < -0.4 is 20.1 Å². The van der Waals surface area contributed by atoms with Crippen molar-refractivity contribution in [1.29, 1.82) is 0 Å². The molecule has 0 bridgehead atoms. The zero-order valence-corrected chi connectivity index (χ0v) is 17.7. The summed E-state index contributed by atoms with van der Waals surface area (Å²) in [6, 6.07) is 18.5. The van der Waals surface area contributed by atoms with Crippen LogP contribution in [-0.2, 0) is 0 Å². The van der Waals surface area contributed by atoms with Crippen LogP contribution in [0.25, 0.3) is 10.8 Å². The average molecular weight is 447 g/mol. The zero-order chi connectivity index (χ0) is 21.9. The van der Waals surface area contributed by atoms with Crippen LogP contribution >= 0.6 is 11.6 Å². The Morgan fingerprint density at radius 3 is 2.78 bits per heavy atom. The van der Waals surface area contributed by atoms with Gasteiger partial charge >= 0.3 is 0 Å². The zero-order valence-electron chi connectivity index (χ0n) is 16.9. The quantitative estimate of drug-likeness (QED) is 0.466. The van der Waals surface area contributed by atoms with E-state index in [2.05, 4.69) is 20.6 Å². The molecule has 7 nitrogen and oxygen atoms in total. The van der Waals surface area contributed by atoms with Gasteiger partial charge in [0, 0.05) is 16.6 Å². The number of carbonyl (C=O) groups is 1. The highest BCUT2D eigenvalue weighted by molar-refractivity contribution is 6.31. The highest BCUT2D eigenvalue weighted by Gasteiger charge is 2.21. The molecule has 3 heterocycles. The van der Waals surface area contributed by atoms with Gasteiger partial charge in [-0.25, -0.2) is 9.97 Å². The molecule has 0 aliphatic carbocycles. The molecule has 1 atom stereocenters. The fraction of sp³-hybridized carbons (Fsp3) is 0.125. The number of hydrogen-bond acceptors (Lipinski definition) is 6. The molecule has 2 aromatic heterocycles. The summed E-state index contributed by atoms with van der Waals surface area (Å²) in [5.74, 6) is 1.77. The molecule has 2 aromatic carbocycles. The molecule has 160 valence electrons. The van der Waals surface area contributed by atoms with Crippen molar-refractivity contribution in [2.24, 2.45) is 0 Å². The van der Waals surface area contributed by atoms with E-state index in [1.54, 1.807) is 24.5 Å². The minimum absolute atomic E-state index is 0.265. The molecule has 1 unspecified atom stereocenters. The molecule has 0 saturated heterocycles. The first-order valence-electron chi connectivity index (χ1n) is 10.1. The summed E-state index contributed by atoms with van der Waals surface area (Å²) in [4.78, 5) is 21.2. The molecule has 8 heteroatoms. The van der Waals surface area contributed by atoms with Crippen LogP contribution in [0.5, 0.6) is 11.5 Å². The average Bonchev–Trinajstić information content (AvgIpc) is 2.83. The lowest BCUT2D eigenvalue weighted by Gasteiger charge is -2.26. The smallest absolute Gasteiger partial charge is 0.270 e. The van der Waals surface area contributed by atoms with Crippen LogP contribution in [0, 0.1) is 0 Å². The van der Waals surface area contributed by atoms with E-state index in [9.17, 15) is 4.79 Å². The van der Waals surface area contributed by atoms with Crippen molar-refractivity contribution in [3.63, 3.8) is 0 Å². The number of hydrogen-bond donors (Lipinski definition) is 2. The van der Waals surface area contributed by atoms with Gasteiger partial charge in [0.1, 0.15) is 24.2 Å². The number of rotatable bonds is 5. The van der Waals surface area contributed by atoms with E-state index in [0.717, 1.165) is 10.8 Å². The summed E-state index contributed by atoms with van der Waals surface area (Å²) in [7, 11) is 0. The van der Waals surface area contributed by atoms with Gasteiger partial charge in [-0.15, -0.1) is 0 Å². The Balaban J connectivity index is 1.21. The van der Waals surface area contributed by atoms with Crippen LogP contribution in [0.4, 0.5) is 11.5 Å². The van der Waals surface area contributed by atoms with E-state index in [1.165, 1.54) is 0 Å². The van der Waals surface area contributed by atoms with E-state index in [4.69, 9.17) is 21.1 Å². The second-order valence-corrected chi connectivity index (χ2v) is 7.73. The molecule has 32 heavy (non-hydrogen) atoms. The van der Waals surface area contributed by atoms with E-state index < -0.39 is 0 Å². The first-order valence-corrected chi connectivity index (χ1v) is 10.5. The van der Waals surface area contributed by atoms with Gasteiger partial charge in [-0.2, -0.15) is 0 Å². The number of aromatic nitrogens is 2. The predicted octanol–water partition coefficient (Wildman–Crippen LogP) is 4.60. The van der Waals surface area contributed by atoms with Gasteiger partial charge in [0.15, 0.2) is 11.5 Å². The molecule has 0 saturated carbocycles. The number of nitrogens with one attached hydrogen (secondary N) is 2. The number of benzene rings is 2. The summed E-state index contributed by atoms with van der Waals surface area (Å²) >= 11 is 6.13. The van der Waals surface area contributed by atoms with E-state index >= 15 is 0 Å². The SMILES string of the molecule is O=C(NCC1COc2ccccc2O1)c1ccc(Nc2nccc3ccc(Cl)cc23)cn1. The standard InChI is InChI=1S/C24H19ClN4O3/c25-16-6-5-15-9-10-26-23(19(15)11-16)29-17-7-8-20(27-12-17)24(30)28-13-18-14-31-21-3-1-2-4-22(21)32-18/h1-12,18H,13-14H2,(H,26,29)(H,28,30). The molecule has 1 aliphatic rings. The summed E-state index contributed by atoms with van der Waals surface area (Å²) < 4.78 is 11.5. The summed E-state index contributed by atoms with van der Waals surface area (Å²) in [6.45, 7) is 0.686. The number of anilines is 2. The number of carbonyl (C=O) groups excluding carboxylic acids is 1. The summed E-state index contributed by atoms with van der Waals surface area (Å²) in [5, 5.41) is 8.63. The highest BCUT2D eigenvalue weighted by Crippen LogP contribution is 2.30. The van der Waals surface area contributed by atoms with Crippen LogP contribution in [0.15, 0.2) is 73.1 Å². The predicted molar refractivity (Wildman–Crippen MR) is 123 cm³/mol. The maximum absolute atomic E-state index is 12.5. The Hall–Kier alpha value is -3.84. The normalized spacial score (nSPS) is 14.7. The number of nitrogens with zero attached hydrogens (tertiary/aromatic N) is 2. The van der Waals surface area contributed by atoms with Crippen LogP contribution in [-0.4, -0.2) is 35.1 Å². The van der Waals surface area contributed by atoms with E-state index in [-0.39, 0.29) is 12.0 Å². The van der Waals surface area contributed by atoms with Crippen LogP contribution in [0.1, 0.15) is 10.5 Å². The van der Waals surface area contributed by atoms with Crippen molar-refractivity contribution in [3.05, 3.63) is 83.8 Å². The van der Waals surface area contributed by atoms with Gasteiger partial charge in [0.2, 0.25) is 0 Å². The van der Waals surface area contributed by atoms with Gasteiger partial charge in [-0.3, -0.25) is 4.79 Å². The Morgan fingerprint density at radius 2 is 1.94 bits per heavy atom. The number of halogens is 1. The van der Waals surface area contributed by atoms with Crippen LogP contribution in [0.3, 0.4) is 0 Å². The monoisotopic (exact) mass is 446 g/mol.